The summed E-state index contributed by atoms with van der Waals surface area (Å²) in [5.41, 5.74) is 0.368. The first-order valence-electron chi connectivity index (χ1n) is 6.46. The average molecular weight is 210 g/mol. The molecule has 0 aliphatic carbocycles. The van der Waals surface area contributed by atoms with Crippen molar-refractivity contribution in [1.29, 1.82) is 0 Å². The Kier molecular flexibility index (Phi) is 3.09. The zero-order valence-corrected chi connectivity index (χ0v) is 10.8. The molecule has 2 aliphatic rings. The maximum absolute atomic E-state index is 2.69. The summed E-state index contributed by atoms with van der Waals surface area (Å²) in [6.07, 6.45) is 2.76. The second-order valence-electron chi connectivity index (χ2n) is 6.45. The predicted molar refractivity (Wildman–Crippen MR) is 65.1 cm³/mol. The van der Waals surface area contributed by atoms with E-state index in [4.69, 9.17) is 0 Å². The van der Waals surface area contributed by atoms with Crippen molar-refractivity contribution in [2.24, 2.45) is 5.92 Å². The molecule has 0 aromatic heterocycles. The van der Waals surface area contributed by atoms with Crippen LogP contribution in [0.2, 0.25) is 0 Å². The molecule has 2 rings (SSSR count). The summed E-state index contributed by atoms with van der Waals surface area (Å²) in [7, 11) is 0. The first-order chi connectivity index (χ1) is 6.97. The fraction of sp³-hybridized carbons (Fsp3) is 1.00. The van der Waals surface area contributed by atoms with E-state index in [0.29, 0.717) is 5.54 Å². The lowest BCUT2D eigenvalue weighted by molar-refractivity contribution is 0.00653. The second-order valence-corrected chi connectivity index (χ2v) is 6.45. The van der Waals surface area contributed by atoms with Gasteiger partial charge in [-0.1, -0.05) is 6.92 Å². The second kappa shape index (κ2) is 4.06. The van der Waals surface area contributed by atoms with Crippen LogP contribution in [0, 0.1) is 5.92 Å². The van der Waals surface area contributed by atoms with E-state index in [9.17, 15) is 0 Å². The van der Waals surface area contributed by atoms with Gasteiger partial charge in [-0.25, -0.2) is 0 Å². The molecule has 0 spiro atoms. The lowest BCUT2D eigenvalue weighted by Gasteiger charge is -2.48. The third-order valence-corrected chi connectivity index (χ3v) is 4.02. The van der Waals surface area contributed by atoms with Gasteiger partial charge in [0.2, 0.25) is 0 Å². The van der Waals surface area contributed by atoms with Crippen LogP contribution in [-0.2, 0) is 0 Å². The van der Waals surface area contributed by atoms with Gasteiger partial charge in [0.1, 0.15) is 0 Å². The molecule has 15 heavy (non-hydrogen) atoms. The van der Waals surface area contributed by atoms with E-state index in [-0.39, 0.29) is 0 Å². The van der Waals surface area contributed by atoms with Crippen molar-refractivity contribution in [3.8, 4) is 0 Å². The Bertz CT molecular complexity index is 205. The highest BCUT2D eigenvalue weighted by atomic mass is 15.3. The largest absolute Gasteiger partial charge is 0.300 e. The molecule has 0 saturated carbocycles. The Morgan fingerprint density at radius 2 is 1.53 bits per heavy atom. The topological polar surface area (TPSA) is 6.48 Å². The molecule has 2 aliphatic heterocycles. The van der Waals surface area contributed by atoms with Gasteiger partial charge >= 0.3 is 0 Å². The summed E-state index contributed by atoms with van der Waals surface area (Å²) in [6, 6.07) is 0.889. The fourth-order valence-corrected chi connectivity index (χ4v) is 2.95. The zero-order valence-electron chi connectivity index (χ0n) is 10.8. The summed E-state index contributed by atoms with van der Waals surface area (Å²) in [5, 5.41) is 0. The van der Waals surface area contributed by atoms with Crippen molar-refractivity contribution in [2.75, 3.05) is 26.2 Å². The van der Waals surface area contributed by atoms with E-state index in [1.807, 2.05) is 0 Å². The number of hydrogen-bond acceptors (Lipinski definition) is 2. The van der Waals surface area contributed by atoms with Crippen LogP contribution in [0.25, 0.3) is 0 Å². The average Bonchev–Trinajstić information content (AvgIpc) is 2.12. The molecule has 0 bridgehead atoms. The molecule has 2 nitrogen and oxygen atoms in total. The van der Waals surface area contributed by atoms with E-state index in [0.717, 1.165) is 12.0 Å². The Balaban J connectivity index is 1.77. The molecular formula is C13H26N2. The van der Waals surface area contributed by atoms with Crippen LogP contribution in [0.15, 0.2) is 0 Å². The highest BCUT2D eigenvalue weighted by Gasteiger charge is 2.33. The lowest BCUT2D eigenvalue weighted by Crippen LogP contribution is -2.56. The molecule has 0 aromatic carbocycles. The van der Waals surface area contributed by atoms with E-state index >= 15 is 0 Å². The van der Waals surface area contributed by atoms with Crippen molar-refractivity contribution in [1.82, 2.24) is 9.80 Å². The smallest absolute Gasteiger partial charge is 0.0125 e. The number of likely N-dealkylation sites (tertiary alicyclic amines) is 2. The third kappa shape index (κ3) is 2.54. The summed E-state index contributed by atoms with van der Waals surface area (Å²) in [6.45, 7) is 14.6. The van der Waals surface area contributed by atoms with Gasteiger partial charge in [-0.15, -0.1) is 0 Å². The maximum Gasteiger partial charge on any atom is 0.0125 e. The monoisotopic (exact) mass is 210 g/mol. The maximum atomic E-state index is 2.69. The van der Waals surface area contributed by atoms with Gasteiger partial charge in [0.05, 0.1) is 0 Å². The quantitative estimate of drug-likeness (QED) is 0.654. The Morgan fingerprint density at radius 1 is 1.00 bits per heavy atom. The Morgan fingerprint density at radius 3 is 1.93 bits per heavy atom. The molecule has 2 fully saturated rings. The molecule has 0 amide bonds. The minimum Gasteiger partial charge on any atom is -0.300 e. The summed E-state index contributed by atoms with van der Waals surface area (Å²) >= 11 is 0. The summed E-state index contributed by atoms with van der Waals surface area (Å²) in [4.78, 5) is 5.32. The van der Waals surface area contributed by atoms with Crippen LogP contribution in [0.4, 0.5) is 0 Å². The van der Waals surface area contributed by atoms with Crippen molar-refractivity contribution in [3.63, 3.8) is 0 Å². The number of rotatable bonds is 1. The first-order valence-corrected chi connectivity index (χ1v) is 6.46. The molecule has 88 valence electrons. The van der Waals surface area contributed by atoms with Crippen molar-refractivity contribution >= 4 is 0 Å². The van der Waals surface area contributed by atoms with Crippen LogP contribution in [-0.4, -0.2) is 47.6 Å². The summed E-state index contributed by atoms with van der Waals surface area (Å²) < 4.78 is 0. The van der Waals surface area contributed by atoms with E-state index in [1.54, 1.807) is 0 Å². The molecule has 2 saturated heterocycles. The minimum absolute atomic E-state index is 0.368. The van der Waals surface area contributed by atoms with Gasteiger partial charge in [-0.3, -0.25) is 9.80 Å². The molecule has 0 unspecified atom stereocenters. The number of hydrogen-bond donors (Lipinski definition) is 0. The standard InChI is InChI=1S/C13H26N2/c1-11-9-14(10-11)12-5-7-15(8-6-12)13(2,3)4/h11-12H,5-10H2,1-4H3. The summed E-state index contributed by atoms with van der Waals surface area (Å²) in [5.74, 6) is 0.950. The van der Waals surface area contributed by atoms with Gasteiger partial charge in [-0.2, -0.15) is 0 Å². The normalized spacial score (nSPS) is 28.0. The third-order valence-electron chi connectivity index (χ3n) is 4.02. The van der Waals surface area contributed by atoms with Crippen molar-refractivity contribution < 1.29 is 0 Å². The first kappa shape index (κ1) is 11.4. The van der Waals surface area contributed by atoms with Crippen molar-refractivity contribution in [2.45, 2.75) is 52.1 Å². The van der Waals surface area contributed by atoms with E-state index < -0.39 is 0 Å². The predicted octanol–water partition coefficient (Wildman–Crippen LogP) is 2.20. The van der Waals surface area contributed by atoms with Gasteiger partial charge in [-0.05, 0) is 39.5 Å². The van der Waals surface area contributed by atoms with Gasteiger partial charge in [0.15, 0.2) is 0 Å². The Labute approximate surface area is 94.6 Å². The van der Waals surface area contributed by atoms with E-state index in [2.05, 4.69) is 37.5 Å². The van der Waals surface area contributed by atoms with Gasteiger partial charge in [0.25, 0.3) is 0 Å². The number of piperidine rings is 1. The number of nitrogens with zero attached hydrogens (tertiary/aromatic N) is 2. The minimum atomic E-state index is 0.368. The molecule has 0 aromatic rings. The SMILES string of the molecule is CC1CN(C2CCN(C(C)(C)C)CC2)C1. The molecule has 2 heterocycles. The van der Waals surface area contributed by atoms with Crippen LogP contribution in [0.3, 0.4) is 0 Å². The van der Waals surface area contributed by atoms with Crippen LogP contribution < -0.4 is 0 Å². The zero-order chi connectivity index (χ0) is 11.1. The molecular weight excluding hydrogens is 184 g/mol. The van der Waals surface area contributed by atoms with Crippen molar-refractivity contribution in [3.05, 3.63) is 0 Å². The van der Waals surface area contributed by atoms with Crippen LogP contribution in [0.5, 0.6) is 0 Å². The van der Waals surface area contributed by atoms with E-state index in [1.165, 1.54) is 39.0 Å². The molecule has 0 atom stereocenters. The highest BCUT2D eigenvalue weighted by molar-refractivity contribution is 4.89. The molecule has 2 heteroatoms. The molecule has 0 N–H and O–H groups in total. The fourth-order valence-electron chi connectivity index (χ4n) is 2.95. The lowest BCUT2D eigenvalue weighted by atomic mass is 9.92. The highest BCUT2D eigenvalue weighted by Crippen LogP contribution is 2.27. The Hall–Kier alpha value is -0.0800. The van der Waals surface area contributed by atoms with Gasteiger partial charge in [0, 0.05) is 37.8 Å². The molecule has 0 radical (unpaired) electrons. The van der Waals surface area contributed by atoms with Crippen LogP contribution >= 0.6 is 0 Å². The van der Waals surface area contributed by atoms with Crippen LogP contribution in [0.1, 0.15) is 40.5 Å². The van der Waals surface area contributed by atoms with Gasteiger partial charge < -0.3 is 0 Å².